The molecule has 146 valence electrons. The maximum Gasteiger partial charge on any atom is 0.261 e. The summed E-state index contributed by atoms with van der Waals surface area (Å²) >= 11 is 0. The van der Waals surface area contributed by atoms with Crippen molar-refractivity contribution < 1.29 is 22.3 Å². The van der Waals surface area contributed by atoms with Gasteiger partial charge in [-0.15, -0.1) is 0 Å². The summed E-state index contributed by atoms with van der Waals surface area (Å²) in [5.41, 5.74) is -0.131. The van der Waals surface area contributed by atoms with Gasteiger partial charge in [-0.3, -0.25) is 9.52 Å². The number of carbonyl (C=O) groups excluding carboxylic acids is 1. The summed E-state index contributed by atoms with van der Waals surface area (Å²) in [5, 5.41) is 2.77. The Morgan fingerprint density at radius 2 is 1.70 bits per heavy atom. The molecular formula is C19H23FN2O4S. The molecular weight excluding hydrogens is 371 g/mol. The highest BCUT2D eigenvalue weighted by molar-refractivity contribution is 7.92. The number of ether oxygens (including phenoxy) is 1. The Kier molecular flexibility index (Phi) is 6.79. The normalized spacial score (nSPS) is 12.5. The zero-order chi connectivity index (χ0) is 20.0. The fraction of sp³-hybridized carbons (Fsp3) is 0.316. The molecule has 0 bridgehead atoms. The van der Waals surface area contributed by atoms with E-state index >= 15 is 0 Å². The Morgan fingerprint density at radius 3 is 2.30 bits per heavy atom. The predicted molar refractivity (Wildman–Crippen MR) is 102 cm³/mol. The van der Waals surface area contributed by atoms with Crippen LogP contribution in [-0.2, 0) is 14.8 Å². The molecule has 0 aromatic heterocycles. The lowest BCUT2D eigenvalue weighted by molar-refractivity contribution is -0.127. The summed E-state index contributed by atoms with van der Waals surface area (Å²) in [5.74, 6) is -0.233. The van der Waals surface area contributed by atoms with Gasteiger partial charge in [0, 0.05) is 6.54 Å². The molecule has 8 heteroatoms. The minimum absolute atomic E-state index is 0.0463. The van der Waals surface area contributed by atoms with Crippen LogP contribution in [0.15, 0.2) is 53.4 Å². The van der Waals surface area contributed by atoms with Gasteiger partial charge in [0.1, 0.15) is 11.6 Å². The molecule has 6 nitrogen and oxygen atoms in total. The van der Waals surface area contributed by atoms with Crippen LogP contribution in [0.25, 0.3) is 0 Å². The SMILES string of the molecule is CC(C)CNC(=O)[C@H](C)Oc1ccc(S(=O)(=O)Nc2ccccc2F)cc1. The van der Waals surface area contributed by atoms with Crippen molar-refractivity contribution in [2.45, 2.75) is 31.8 Å². The van der Waals surface area contributed by atoms with Gasteiger partial charge in [0.25, 0.3) is 15.9 Å². The van der Waals surface area contributed by atoms with Gasteiger partial charge < -0.3 is 10.1 Å². The van der Waals surface area contributed by atoms with Gasteiger partial charge in [-0.1, -0.05) is 26.0 Å². The van der Waals surface area contributed by atoms with E-state index in [1.165, 1.54) is 48.5 Å². The Bertz CT molecular complexity index is 883. The number of sulfonamides is 1. The average molecular weight is 394 g/mol. The predicted octanol–water partition coefficient (Wildman–Crippen LogP) is 3.17. The topological polar surface area (TPSA) is 84.5 Å². The number of carbonyl (C=O) groups is 1. The van der Waals surface area contributed by atoms with Crippen LogP contribution in [0.1, 0.15) is 20.8 Å². The third-order valence-electron chi connectivity index (χ3n) is 3.62. The largest absolute Gasteiger partial charge is 0.481 e. The fourth-order valence-corrected chi connectivity index (χ4v) is 3.22. The molecule has 0 saturated heterocycles. The molecule has 2 aromatic carbocycles. The van der Waals surface area contributed by atoms with Gasteiger partial charge >= 0.3 is 0 Å². The molecule has 0 aliphatic carbocycles. The van der Waals surface area contributed by atoms with Crippen molar-refractivity contribution in [2.75, 3.05) is 11.3 Å². The number of hydrogen-bond donors (Lipinski definition) is 2. The van der Waals surface area contributed by atoms with Crippen molar-refractivity contribution in [3.63, 3.8) is 0 Å². The van der Waals surface area contributed by atoms with Crippen LogP contribution in [0.3, 0.4) is 0 Å². The maximum absolute atomic E-state index is 13.6. The number of nitrogens with one attached hydrogen (secondary N) is 2. The molecule has 0 saturated carbocycles. The minimum atomic E-state index is -3.94. The first-order valence-electron chi connectivity index (χ1n) is 8.51. The zero-order valence-electron chi connectivity index (χ0n) is 15.4. The first kappa shape index (κ1) is 20.7. The molecule has 0 aliphatic rings. The Morgan fingerprint density at radius 1 is 1.07 bits per heavy atom. The second-order valence-corrected chi connectivity index (χ2v) is 8.14. The fourth-order valence-electron chi connectivity index (χ4n) is 2.15. The second-order valence-electron chi connectivity index (χ2n) is 6.46. The zero-order valence-corrected chi connectivity index (χ0v) is 16.2. The molecule has 1 atom stereocenters. The highest BCUT2D eigenvalue weighted by Crippen LogP contribution is 2.21. The summed E-state index contributed by atoms with van der Waals surface area (Å²) in [6.07, 6.45) is -0.720. The Hall–Kier alpha value is -2.61. The van der Waals surface area contributed by atoms with Gasteiger partial charge in [0.05, 0.1) is 10.6 Å². The van der Waals surface area contributed by atoms with Crippen LogP contribution in [0.5, 0.6) is 5.75 Å². The van der Waals surface area contributed by atoms with Gasteiger partial charge in [-0.05, 0) is 49.2 Å². The number of para-hydroxylation sites is 1. The van der Waals surface area contributed by atoms with Crippen molar-refractivity contribution in [2.24, 2.45) is 5.92 Å². The summed E-state index contributed by atoms with van der Waals surface area (Å²) in [6, 6.07) is 11.1. The lowest BCUT2D eigenvalue weighted by atomic mass is 10.2. The number of halogens is 1. The number of amides is 1. The summed E-state index contributed by atoms with van der Waals surface area (Å²) in [6.45, 7) is 6.13. The molecule has 1 amide bonds. The van der Waals surface area contributed by atoms with Crippen LogP contribution in [0, 0.1) is 11.7 Å². The maximum atomic E-state index is 13.6. The molecule has 27 heavy (non-hydrogen) atoms. The van der Waals surface area contributed by atoms with E-state index < -0.39 is 21.9 Å². The second kappa shape index (κ2) is 8.85. The lowest BCUT2D eigenvalue weighted by Gasteiger charge is -2.16. The number of anilines is 1. The summed E-state index contributed by atoms with van der Waals surface area (Å²) in [4.78, 5) is 11.9. The third-order valence-corrected chi connectivity index (χ3v) is 5.00. The Labute approximate surface area is 158 Å². The number of hydrogen-bond acceptors (Lipinski definition) is 4. The van der Waals surface area contributed by atoms with E-state index in [0.29, 0.717) is 18.2 Å². The van der Waals surface area contributed by atoms with Crippen LogP contribution in [-0.4, -0.2) is 27.0 Å². The molecule has 0 radical (unpaired) electrons. The van der Waals surface area contributed by atoms with Gasteiger partial charge in [-0.25, -0.2) is 12.8 Å². The Balaban J connectivity index is 2.03. The van der Waals surface area contributed by atoms with E-state index in [-0.39, 0.29) is 16.5 Å². The van der Waals surface area contributed by atoms with Crippen molar-refractivity contribution in [1.29, 1.82) is 0 Å². The van der Waals surface area contributed by atoms with E-state index in [1.807, 2.05) is 13.8 Å². The monoisotopic (exact) mass is 394 g/mol. The van der Waals surface area contributed by atoms with E-state index in [0.717, 1.165) is 0 Å². The minimum Gasteiger partial charge on any atom is -0.481 e. The molecule has 2 N–H and O–H groups in total. The molecule has 2 aromatic rings. The molecule has 0 spiro atoms. The third kappa shape index (κ3) is 5.96. The smallest absolute Gasteiger partial charge is 0.261 e. The van der Waals surface area contributed by atoms with Gasteiger partial charge in [0.15, 0.2) is 6.10 Å². The lowest BCUT2D eigenvalue weighted by Crippen LogP contribution is -2.38. The summed E-state index contributed by atoms with van der Waals surface area (Å²) < 4.78 is 46.1. The van der Waals surface area contributed by atoms with Crippen LogP contribution in [0.4, 0.5) is 10.1 Å². The van der Waals surface area contributed by atoms with Crippen molar-refractivity contribution in [3.8, 4) is 5.75 Å². The summed E-state index contributed by atoms with van der Waals surface area (Å²) in [7, 11) is -3.94. The van der Waals surface area contributed by atoms with Crippen LogP contribution < -0.4 is 14.8 Å². The average Bonchev–Trinajstić information content (AvgIpc) is 2.62. The highest BCUT2D eigenvalue weighted by Gasteiger charge is 2.18. The molecule has 0 heterocycles. The van der Waals surface area contributed by atoms with Crippen LogP contribution >= 0.6 is 0 Å². The number of rotatable bonds is 8. The highest BCUT2D eigenvalue weighted by atomic mass is 32.2. The molecule has 0 fully saturated rings. The first-order chi connectivity index (χ1) is 12.7. The van der Waals surface area contributed by atoms with Crippen LogP contribution in [0.2, 0.25) is 0 Å². The van der Waals surface area contributed by atoms with E-state index in [1.54, 1.807) is 6.92 Å². The van der Waals surface area contributed by atoms with Crippen molar-refractivity contribution >= 4 is 21.6 Å². The quantitative estimate of drug-likeness (QED) is 0.720. The standard InChI is InChI=1S/C19H23FN2O4S/c1-13(2)12-21-19(23)14(3)26-15-8-10-16(11-9-15)27(24,25)22-18-7-5-4-6-17(18)20/h4-11,13-14,22H,12H2,1-3H3,(H,21,23)/t14-/m0/s1. The van der Waals surface area contributed by atoms with E-state index in [2.05, 4.69) is 10.0 Å². The first-order valence-corrected chi connectivity index (χ1v) is 9.99. The van der Waals surface area contributed by atoms with E-state index in [4.69, 9.17) is 4.74 Å². The molecule has 0 aliphatic heterocycles. The molecule has 0 unspecified atom stereocenters. The van der Waals surface area contributed by atoms with Crippen molar-refractivity contribution in [1.82, 2.24) is 5.32 Å². The number of benzene rings is 2. The molecule has 2 rings (SSSR count). The van der Waals surface area contributed by atoms with Crippen molar-refractivity contribution in [3.05, 3.63) is 54.3 Å². The van der Waals surface area contributed by atoms with Gasteiger partial charge in [-0.2, -0.15) is 0 Å². The van der Waals surface area contributed by atoms with E-state index in [9.17, 15) is 17.6 Å². The van der Waals surface area contributed by atoms with Gasteiger partial charge in [0.2, 0.25) is 0 Å².